The van der Waals surface area contributed by atoms with Crippen LogP contribution in [0.5, 0.6) is 0 Å². The summed E-state index contributed by atoms with van der Waals surface area (Å²) >= 11 is 0. The second-order valence-corrected chi connectivity index (χ2v) is 19.9. The number of hydrogen-bond donors (Lipinski definition) is 1. The summed E-state index contributed by atoms with van der Waals surface area (Å²) in [6, 6.07) is 52.9. The molecule has 7 aromatic rings. The van der Waals surface area contributed by atoms with Crippen LogP contribution in [0.2, 0.25) is 0 Å². The predicted molar refractivity (Wildman–Crippen MR) is 252 cm³/mol. The highest BCUT2D eigenvalue weighted by molar-refractivity contribution is 6.73. The van der Waals surface area contributed by atoms with Crippen molar-refractivity contribution in [2.24, 2.45) is 0 Å². The Kier molecular flexibility index (Phi) is 7.61. The molecule has 2 heterocycles. The Morgan fingerprint density at radius 3 is 1.98 bits per heavy atom. The van der Waals surface area contributed by atoms with Gasteiger partial charge in [-0.25, -0.2) is 0 Å². The van der Waals surface area contributed by atoms with Crippen LogP contribution in [-0.4, -0.2) is 7.28 Å². The lowest BCUT2D eigenvalue weighted by Crippen LogP contribution is -2.45. The third-order valence-corrected chi connectivity index (χ3v) is 14.7. The van der Waals surface area contributed by atoms with Crippen LogP contribution in [0, 0.1) is 0 Å². The Hall–Kier alpha value is -5.80. The summed E-state index contributed by atoms with van der Waals surface area (Å²) in [5, 5.41) is 4.11. The lowest BCUT2D eigenvalue weighted by molar-refractivity contribution is 0.332. The van der Waals surface area contributed by atoms with E-state index >= 15 is 0 Å². The molecule has 1 N–H and O–H groups in total. The highest BCUT2D eigenvalue weighted by Crippen LogP contribution is 2.57. The molecule has 289 valence electrons. The number of fused-ring (bicyclic) bond motifs is 8. The average molecular weight is 764 g/mol. The van der Waals surface area contributed by atoms with Crippen LogP contribution in [0.15, 0.2) is 140 Å². The van der Waals surface area contributed by atoms with Crippen LogP contribution in [0.1, 0.15) is 102 Å². The van der Waals surface area contributed by atoms with Gasteiger partial charge in [-0.15, -0.1) is 0 Å². The van der Waals surface area contributed by atoms with Crippen LogP contribution in [-0.2, 0) is 21.7 Å². The molecule has 1 radical (unpaired) electrons. The van der Waals surface area contributed by atoms with Gasteiger partial charge in [0.2, 0.25) is 0 Å². The maximum absolute atomic E-state index is 4.11. The Bertz CT molecular complexity index is 2890. The van der Waals surface area contributed by atoms with Crippen LogP contribution >= 0.6 is 0 Å². The first kappa shape index (κ1) is 36.3. The molecule has 0 spiro atoms. The lowest BCUT2D eigenvalue weighted by Gasteiger charge is -2.46. The molecule has 0 saturated heterocycles. The monoisotopic (exact) mass is 763 g/mol. The van der Waals surface area contributed by atoms with Crippen molar-refractivity contribution in [2.45, 2.75) is 89.9 Å². The van der Waals surface area contributed by atoms with Crippen LogP contribution in [0.25, 0.3) is 33.4 Å². The fourth-order valence-corrected chi connectivity index (χ4v) is 11.4. The zero-order valence-electron chi connectivity index (χ0n) is 35.7. The van der Waals surface area contributed by atoms with Gasteiger partial charge >= 0.3 is 0 Å². The molecule has 2 aliphatic carbocycles. The number of hydrogen-bond acceptors (Lipinski definition) is 2. The van der Waals surface area contributed by atoms with E-state index in [4.69, 9.17) is 0 Å². The zero-order valence-corrected chi connectivity index (χ0v) is 35.7. The molecule has 3 heteroatoms. The van der Waals surface area contributed by atoms with Crippen molar-refractivity contribution in [1.82, 2.24) is 0 Å². The molecular formula is C56H52BN2. The molecular weight excluding hydrogens is 711 g/mol. The highest BCUT2D eigenvalue weighted by Gasteiger charge is 2.44. The first-order chi connectivity index (χ1) is 28.3. The molecule has 59 heavy (non-hydrogen) atoms. The fourth-order valence-electron chi connectivity index (χ4n) is 11.4. The van der Waals surface area contributed by atoms with E-state index in [2.05, 4.69) is 212 Å². The second-order valence-electron chi connectivity index (χ2n) is 19.9. The molecule has 2 nitrogen and oxygen atoms in total. The number of para-hydroxylation sites is 2. The third-order valence-electron chi connectivity index (χ3n) is 14.7. The molecule has 2 aliphatic heterocycles. The normalized spacial score (nSPS) is 17.7. The fraction of sp³-hybridized carbons (Fsp3) is 0.250. The summed E-state index contributed by atoms with van der Waals surface area (Å²) in [7, 11) is 2.49. The molecule has 0 bridgehead atoms. The van der Waals surface area contributed by atoms with Gasteiger partial charge < -0.3 is 10.2 Å². The van der Waals surface area contributed by atoms with E-state index in [1.807, 2.05) is 0 Å². The minimum Gasteiger partial charge on any atom is -0.355 e. The Balaban J connectivity index is 1.22. The van der Waals surface area contributed by atoms with Crippen molar-refractivity contribution >= 4 is 46.6 Å². The van der Waals surface area contributed by atoms with Gasteiger partial charge in [0, 0.05) is 39.1 Å². The maximum Gasteiger partial charge on any atom is 0.197 e. The summed E-state index contributed by atoms with van der Waals surface area (Å²) < 4.78 is 0. The Morgan fingerprint density at radius 1 is 0.492 bits per heavy atom. The number of nitrogens with zero attached hydrogens (tertiary/aromatic N) is 1. The van der Waals surface area contributed by atoms with Gasteiger partial charge in [-0.1, -0.05) is 164 Å². The number of nitrogens with one attached hydrogen (secondary N) is 1. The molecule has 0 amide bonds. The Labute approximate surface area is 351 Å². The SMILES string of the molecule is CC1(C)CCC(C)(C)c2cc(Nc3ccc4c(c3-c3cc(-c5ccccc5)cc5c3[B]c3cccc6c3N5c3ccccc3C6(C)C)C(C)(C)c3ccccc3-4)ccc21. The van der Waals surface area contributed by atoms with Crippen LogP contribution < -0.4 is 21.1 Å². The van der Waals surface area contributed by atoms with Crippen LogP contribution in [0.4, 0.5) is 28.4 Å². The number of rotatable bonds is 4. The average Bonchev–Trinajstić information content (AvgIpc) is 3.47. The highest BCUT2D eigenvalue weighted by atomic mass is 15.2. The molecule has 7 aromatic carbocycles. The summed E-state index contributed by atoms with van der Waals surface area (Å²) in [6.45, 7) is 19.3. The third kappa shape index (κ3) is 5.19. The van der Waals surface area contributed by atoms with E-state index in [0.29, 0.717) is 0 Å². The zero-order chi connectivity index (χ0) is 40.6. The molecule has 0 aromatic heterocycles. The summed E-state index contributed by atoms with van der Waals surface area (Å²) in [4.78, 5) is 2.58. The minimum atomic E-state index is -0.238. The molecule has 0 atom stereocenters. The van der Waals surface area contributed by atoms with Gasteiger partial charge in [0.25, 0.3) is 0 Å². The van der Waals surface area contributed by atoms with Crippen LogP contribution in [0.3, 0.4) is 0 Å². The van der Waals surface area contributed by atoms with Gasteiger partial charge in [-0.2, -0.15) is 0 Å². The van der Waals surface area contributed by atoms with Gasteiger partial charge in [0.1, 0.15) is 0 Å². The van der Waals surface area contributed by atoms with Gasteiger partial charge in [-0.3, -0.25) is 0 Å². The van der Waals surface area contributed by atoms with E-state index in [1.54, 1.807) is 0 Å². The van der Waals surface area contributed by atoms with E-state index in [-0.39, 0.29) is 21.7 Å². The quantitative estimate of drug-likeness (QED) is 0.180. The number of anilines is 5. The lowest BCUT2D eigenvalue weighted by atomic mass is 9.55. The second kappa shape index (κ2) is 12.4. The minimum absolute atomic E-state index is 0.108. The maximum atomic E-state index is 4.11. The van der Waals surface area contributed by atoms with E-state index in [0.717, 1.165) is 11.4 Å². The molecule has 4 aliphatic rings. The van der Waals surface area contributed by atoms with Crippen molar-refractivity contribution in [3.05, 3.63) is 173 Å². The van der Waals surface area contributed by atoms with Crippen molar-refractivity contribution in [3.8, 4) is 33.4 Å². The molecule has 0 unspecified atom stereocenters. The van der Waals surface area contributed by atoms with Gasteiger partial charge in [0.05, 0.1) is 5.69 Å². The molecule has 11 rings (SSSR count). The summed E-state index contributed by atoms with van der Waals surface area (Å²) in [5.74, 6) is 0. The summed E-state index contributed by atoms with van der Waals surface area (Å²) in [5.41, 5.74) is 24.5. The van der Waals surface area contributed by atoms with Crippen molar-refractivity contribution < 1.29 is 0 Å². The molecule has 0 saturated carbocycles. The van der Waals surface area contributed by atoms with E-state index in [1.165, 1.54) is 108 Å². The number of benzene rings is 7. The smallest absolute Gasteiger partial charge is 0.197 e. The van der Waals surface area contributed by atoms with Crippen molar-refractivity contribution in [3.63, 3.8) is 0 Å². The van der Waals surface area contributed by atoms with Gasteiger partial charge in [-0.05, 0) is 127 Å². The Morgan fingerprint density at radius 2 is 1.19 bits per heavy atom. The first-order valence-electron chi connectivity index (χ1n) is 21.6. The largest absolute Gasteiger partial charge is 0.355 e. The molecule has 0 fully saturated rings. The van der Waals surface area contributed by atoms with E-state index < -0.39 is 0 Å². The van der Waals surface area contributed by atoms with Crippen molar-refractivity contribution in [2.75, 3.05) is 10.2 Å². The summed E-state index contributed by atoms with van der Waals surface area (Å²) in [6.07, 6.45) is 2.38. The van der Waals surface area contributed by atoms with E-state index in [9.17, 15) is 0 Å². The first-order valence-corrected chi connectivity index (χ1v) is 21.6. The standard InChI is InChI=1S/C56H52BN2/c1-53(2)29-30-54(3,4)44-33-36(25-27-41(44)53)58-46-28-26-38-37-19-12-13-20-40(37)56(7,8)50(38)49(46)39-31-35(34-17-10-9-11-18-34)32-48-51(39)57-45-23-16-22-43-52(45)59(48)47-24-15-14-21-42(47)55(43,5)6/h9-28,31-33,58H,29-30H2,1-8H3. The van der Waals surface area contributed by atoms with Crippen molar-refractivity contribution in [1.29, 1.82) is 0 Å². The predicted octanol–water partition coefficient (Wildman–Crippen LogP) is 13.5. The topological polar surface area (TPSA) is 15.3 Å². The van der Waals surface area contributed by atoms with Gasteiger partial charge in [0.15, 0.2) is 7.28 Å².